The second-order valence-corrected chi connectivity index (χ2v) is 5.72. The van der Waals surface area contributed by atoms with Crippen LogP contribution in [-0.4, -0.2) is 37.0 Å². The van der Waals surface area contributed by atoms with Crippen molar-refractivity contribution in [1.29, 1.82) is 5.26 Å². The molecule has 1 saturated carbocycles. The summed E-state index contributed by atoms with van der Waals surface area (Å²) in [6.07, 6.45) is 3.99. The van der Waals surface area contributed by atoms with E-state index in [0.29, 0.717) is 0 Å². The Morgan fingerprint density at radius 1 is 1.42 bits per heavy atom. The van der Waals surface area contributed by atoms with Crippen LogP contribution in [0.15, 0.2) is 0 Å². The predicted molar refractivity (Wildman–Crippen MR) is 69.9 cm³/mol. The molecule has 0 aromatic rings. The molecular formula is C14H22N2O3. The molecule has 1 fully saturated rings. The lowest BCUT2D eigenvalue weighted by molar-refractivity contribution is -0.150. The summed E-state index contributed by atoms with van der Waals surface area (Å²) in [6.45, 7) is 3.95. The maximum atomic E-state index is 12.5. The van der Waals surface area contributed by atoms with E-state index in [0.717, 1.165) is 25.7 Å². The summed E-state index contributed by atoms with van der Waals surface area (Å²) >= 11 is 0. The summed E-state index contributed by atoms with van der Waals surface area (Å²) in [5.74, 6) is -0.701. The average Bonchev–Trinajstić information content (AvgIpc) is 2.36. The van der Waals surface area contributed by atoms with Crippen molar-refractivity contribution < 1.29 is 14.3 Å². The van der Waals surface area contributed by atoms with E-state index in [-0.39, 0.29) is 30.3 Å². The van der Waals surface area contributed by atoms with Gasteiger partial charge in [-0.3, -0.25) is 9.59 Å². The Hall–Kier alpha value is -1.57. The highest BCUT2D eigenvalue weighted by atomic mass is 16.5. The second kappa shape index (κ2) is 6.55. The van der Waals surface area contributed by atoms with Crippen LogP contribution >= 0.6 is 0 Å². The predicted octanol–water partition coefficient (Wildman–Crippen LogP) is 1.73. The number of rotatable bonds is 4. The SMILES string of the molecule is COC(=O)CN(CC#N)C(=O)C1CCCCC1(C)C. The van der Waals surface area contributed by atoms with Crippen molar-refractivity contribution >= 4 is 11.9 Å². The van der Waals surface area contributed by atoms with Crippen molar-refractivity contribution in [3.63, 3.8) is 0 Å². The van der Waals surface area contributed by atoms with Crippen molar-refractivity contribution in [2.24, 2.45) is 11.3 Å². The Morgan fingerprint density at radius 2 is 2.11 bits per heavy atom. The molecular weight excluding hydrogens is 244 g/mol. The van der Waals surface area contributed by atoms with Crippen molar-refractivity contribution in [1.82, 2.24) is 4.90 Å². The molecule has 0 heterocycles. The van der Waals surface area contributed by atoms with Crippen LogP contribution in [0.25, 0.3) is 0 Å². The fourth-order valence-corrected chi connectivity index (χ4v) is 2.69. The zero-order valence-electron chi connectivity index (χ0n) is 11.9. The van der Waals surface area contributed by atoms with Gasteiger partial charge in [0.1, 0.15) is 13.1 Å². The number of hydrogen-bond donors (Lipinski definition) is 0. The number of carbonyl (C=O) groups is 2. The van der Waals surface area contributed by atoms with Gasteiger partial charge in [-0.1, -0.05) is 26.7 Å². The van der Waals surface area contributed by atoms with Crippen LogP contribution in [0.3, 0.4) is 0 Å². The third-order valence-corrected chi connectivity index (χ3v) is 3.93. The molecule has 0 saturated heterocycles. The molecule has 1 rings (SSSR count). The van der Waals surface area contributed by atoms with Crippen molar-refractivity contribution in [2.75, 3.05) is 20.2 Å². The van der Waals surface area contributed by atoms with Gasteiger partial charge >= 0.3 is 5.97 Å². The molecule has 0 aliphatic heterocycles. The molecule has 5 heteroatoms. The lowest BCUT2D eigenvalue weighted by atomic mass is 9.68. The van der Waals surface area contributed by atoms with E-state index < -0.39 is 5.97 Å². The Kier molecular flexibility index (Phi) is 5.34. The first-order valence-corrected chi connectivity index (χ1v) is 6.65. The molecule has 0 radical (unpaired) electrons. The van der Waals surface area contributed by atoms with Gasteiger partial charge in [-0.15, -0.1) is 0 Å². The molecule has 1 amide bonds. The molecule has 0 spiro atoms. The number of carbonyl (C=O) groups excluding carboxylic acids is 2. The molecule has 0 N–H and O–H groups in total. The first-order chi connectivity index (χ1) is 8.92. The molecule has 19 heavy (non-hydrogen) atoms. The molecule has 0 aromatic heterocycles. The summed E-state index contributed by atoms with van der Waals surface area (Å²) in [5.41, 5.74) is -0.0703. The zero-order chi connectivity index (χ0) is 14.5. The Bertz CT molecular complexity index is 385. The lowest BCUT2D eigenvalue weighted by Gasteiger charge is -2.39. The maximum Gasteiger partial charge on any atom is 0.325 e. The summed E-state index contributed by atoms with van der Waals surface area (Å²) in [5, 5.41) is 8.80. The van der Waals surface area contributed by atoms with Crippen molar-refractivity contribution in [3.05, 3.63) is 0 Å². The van der Waals surface area contributed by atoms with Crippen LogP contribution in [-0.2, 0) is 14.3 Å². The number of nitriles is 1. The van der Waals surface area contributed by atoms with Crippen LogP contribution in [0.4, 0.5) is 0 Å². The fraction of sp³-hybridized carbons (Fsp3) is 0.786. The van der Waals surface area contributed by atoms with E-state index in [1.165, 1.54) is 12.0 Å². The average molecular weight is 266 g/mol. The summed E-state index contributed by atoms with van der Waals surface area (Å²) in [7, 11) is 1.28. The topological polar surface area (TPSA) is 70.4 Å². The van der Waals surface area contributed by atoms with Gasteiger partial charge in [0.2, 0.25) is 5.91 Å². The standard InChI is InChI=1S/C14H22N2O3/c1-14(2)7-5-4-6-11(14)13(18)16(9-8-15)10-12(17)19-3/h11H,4-7,9-10H2,1-3H3. The summed E-state index contributed by atoms with van der Waals surface area (Å²) in [4.78, 5) is 25.2. The van der Waals surface area contributed by atoms with Gasteiger partial charge in [-0.05, 0) is 18.3 Å². The van der Waals surface area contributed by atoms with Gasteiger partial charge in [-0.2, -0.15) is 5.26 Å². The number of esters is 1. The van der Waals surface area contributed by atoms with Crippen molar-refractivity contribution in [2.45, 2.75) is 39.5 Å². The minimum Gasteiger partial charge on any atom is -0.468 e. The quantitative estimate of drug-likeness (QED) is 0.574. The first-order valence-electron chi connectivity index (χ1n) is 6.65. The van der Waals surface area contributed by atoms with Gasteiger partial charge in [0.25, 0.3) is 0 Å². The van der Waals surface area contributed by atoms with E-state index in [2.05, 4.69) is 18.6 Å². The maximum absolute atomic E-state index is 12.5. The first kappa shape index (κ1) is 15.5. The highest BCUT2D eigenvalue weighted by molar-refractivity contribution is 5.84. The fourth-order valence-electron chi connectivity index (χ4n) is 2.69. The monoisotopic (exact) mass is 266 g/mol. The Morgan fingerprint density at radius 3 is 2.63 bits per heavy atom. The highest BCUT2D eigenvalue weighted by Gasteiger charge is 2.39. The number of hydrogen-bond acceptors (Lipinski definition) is 4. The molecule has 0 aromatic carbocycles. The Labute approximate surface area is 114 Å². The molecule has 5 nitrogen and oxygen atoms in total. The smallest absolute Gasteiger partial charge is 0.325 e. The molecule has 1 aliphatic carbocycles. The number of ether oxygens (including phenoxy) is 1. The molecule has 1 unspecified atom stereocenters. The largest absolute Gasteiger partial charge is 0.468 e. The summed E-state index contributed by atoms with van der Waals surface area (Å²) in [6, 6.07) is 1.94. The van der Waals surface area contributed by atoms with Crippen LogP contribution in [0.1, 0.15) is 39.5 Å². The molecule has 1 atom stereocenters. The number of amides is 1. The van der Waals surface area contributed by atoms with Gasteiger partial charge in [0.15, 0.2) is 0 Å². The van der Waals surface area contributed by atoms with Gasteiger partial charge in [0, 0.05) is 5.92 Å². The molecule has 106 valence electrons. The van der Waals surface area contributed by atoms with Crippen LogP contribution in [0.2, 0.25) is 0 Å². The third kappa shape index (κ3) is 3.95. The third-order valence-electron chi connectivity index (χ3n) is 3.93. The normalized spacial score (nSPS) is 21.3. The zero-order valence-corrected chi connectivity index (χ0v) is 11.9. The van der Waals surface area contributed by atoms with E-state index in [1.807, 2.05) is 6.07 Å². The van der Waals surface area contributed by atoms with Gasteiger partial charge in [0.05, 0.1) is 13.2 Å². The molecule has 1 aliphatic rings. The Balaban J connectivity index is 2.80. The van der Waals surface area contributed by atoms with Crippen LogP contribution in [0.5, 0.6) is 0 Å². The highest BCUT2D eigenvalue weighted by Crippen LogP contribution is 2.41. The van der Waals surface area contributed by atoms with Crippen LogP contribution < -0.4 is 0 Å². The second-order valence-electron chi connectivity index (χ2n) is 5.72. The summed E-state index contributed by atoms with van der Waals surface area (Å²) < 4.78 is 4.57. The number of nitrogens with zero attached hydrogens (tertiary/aromatic N) is 2. The van der Waals surface area contributed by atoms with E-state index >= 15 is 0 Å². The van der Waals surface area contributed by atoms with E-state index in [9.17, 15) is 9.59 Å². The van der Waals surface area contributed by atoms with Crippen LogP contribution in [0, 0.1) is 22.7 Å². The lowest BCUT2D eigenvalue weighted by Crippen LogP contribution is -2.45. The van der Waals surface area contributed by atoms with Gasteiger partial charge in [-0.25, -0.2) is 0 Å². The van der Waals surface area contributed by atoms with Gasteiger partial charge < -0.3 is 9.64 Å². The van der Waals surface area contributed by atoms with E-state index in [4.69, 9.17) is 5.26 Å². The van der Waals surface area contributed by atoms with E-state index in [1.54, 1.807) is 0 Å². The van der Waals surface area contributed by atoms with Crippen molar-refractivity contribution in [3.8, 4) is 6.07 Å². The molecule has 0 bridgehead atoms. The number of methoxy groups -OCH3 is 1. The minimum absolute atomic E-state index is 0.0689. The minimum atomic E-state index is -0.489.